The van der Waals surface area contributed by atoms with Crippen LogP contribution in [0.4, 0.5) is 4.39 Å². The monoisotopic (exact) mass is 211 g/mol. The van der Waals surface area contributed by atoms with Crippen molar-refractivity contribution in [1.82, 2.24) is 0 Å². The fourth-order valence-electron chi connectivity index (χ4n) is 1.34. The molecular formula is C12H18FNO. The lowest BCUT2D eigenvalue weighted by atomic mass is 9.94. The van der Waals surface area contributed by atoms with E-state index in [-0.39, 0.29) is 6.61 Å². The summed E-state index contributed by atoms with van der Waals surface area (Å²) >= 11 is 0. The summed E-state index contributed by atoms with van der Waals surface area (Å²) in [5, 5.41) is 8.94. The van der Waals surface area contributed by atoms with E-state index in [0.717, 1.165) is 5.56 Å². The molecule has 0 radical (unpaired) electrons. The number of nitrogens with two attached hydrogens (primary N) is 1. The summed E-state index contributed by atoms with van der Waals surface area (Å²) in [6.45, 7) is 1.02. The van der Waals surface area contributed by atoms with Crippen LogP contribution in [0.1, 0.15) is 17.5 Å². The summed E-state index contributed by atoms with van der Waals surface area (Å²) in [7, 11) is 0. The molecule has 3 heteroatoms. The van der Waals surface area contributed by atoms with E-state index in [9.17, 15) is 4.39 Å². The first-order chi connectivity index (χ1) is 7.09. The van der Waals surface area contributed by atoms with Gasteiger partial charge in [0.05, 0.1) is 12.1 Å². The van der Waals surface area contributed by atoms with Crippen molar-refractivity contribution >= 4 is 0 Å². The molecule has 0 saturated heterocycles. The Balaban J connectivity index is 2.53. The maximum atomic E-state index is 12.5. The Morgan fingerprint density at radius 2 is 1.93 bits per heavy atom. The van der Waals surface area contributed by atoms with Gasteiger partial charge in [0.25, 0.3) is 0 Å². The molecule has 0 saturated carbocycles. The molecule has 1 rings (SSSR count). The van der Waals surface area contributed by atoms with Crippen LogP contribution >= 0.6 is 0 Å². The third-order valence-electron chi connectivity index (χ3n) is 2.61. The molecule has 0 aliphatic heterocycles. The van der Waals surface area contributed by atoms with Gasteiger partial charge in [0.1, 0.15) is 6.67 Å². The number of benzene rings is 1. The van der Waals surface area contributed by atoms with Gasteiger partial charge >= 0.3 is 0 Å². The van der Waals surface area contributed by atoms with Crippen molar-refractivity contribution in [3.05, 3.63) is 35.4 Å². The van der Waals surface area contributed by atoms with E-state index < -0.39 is 12.2 Å². The SMILES string of the molecule is Cc1ccc(CC[C@](N)(CO)CF)cc1. The maximum Gasteiger partial charge on any atom is 0.110 e. The zero-order valence-corrected chi connectivity index (χ0v) is 9.04. The topological polar surface area (TPSA) is 46.2 Å². The number of alkyl halides is 1. The standard InChI is InChI=1S/C12H18FNO/c1-10-2-4-11(5-3-10)6-7-12(14,8-13)9-15/h2-5,15H,6-9,14H2,1H3/t12-/m1/s1. The van der Waals surface area contributed by atoms with Gasteiger partial charge < -0.3 is 10.8 Å². The summed E-state index contributed by atoms with van der Waals surface area (Å²) in [5.74, 6) is 0. The van der Waals surface area contributed by atoms with E-state index in [1.807, 2.05) is 31.2 Å². The Morgan fingerprint density at radius 1 is 1.33 bits per heavy atom. The average molecular weight is 211 g/mol. The Bertz CT molecular complexity index is 293. The third kappa shape index (κ3) is 3.61. The van der Waals surface area contributed by atoms with Gasteiger partial charge in [-0.25, -0.2) is 4.39 Å². The zero-order valence-electron chi connectivity index (χ0n) is 9.04. The van der Waals surface area contributed by atoms with Crippen molar-refractivity contribution in [3.8, 4) is 0 Å². The van der Waals surface area contributed by atoms with Gasteiger partial charge in [-0.05, 0) is 25.3 Å². The number of aryl methyl sites for hydroxylation is 2. The van der Waals surface area contributed by atoms with Crippen LogP contribution in [-0.2, 0) is 6.42 Å². The molecule has 3 N–H and O–H groups in total. The van der Waals surface area contributed by atoms with Gasteiger partial charge in [-0.3, -0.25) is 0 Å². The van der Waals surface area contributed by atoms with Gasteiger partial charge in [0.2, 0.25) is 0 Å². The first-order valence-corrected chi connectivity index (χ1v) is 5.11. The van der Waals surface area contributed by atoms with Crippen LogP contribution in [0.25, 0.3) is 0 Å². The predicted molar refractivity (Wildman–Crippen MR) is 59.5 cm³/mol. The molecule has 1 aromatic carbocycles. The first-order valence-electron chi connectivity index (χ1n) is 5.11. The molecule has 0 amide bonds. The molecule has 0 spiro atoms. The molecule has 1 aromatic rings. The second-order valence-electron chi connectivity index (χ2n) is 4.14. The van der Waals surface area contributed by atoms with E-state index in [0.29, 0.717) is 12.8 Å². The minimum absolute atomic E-state index is 0.310. The number of aliphatic hydroxyl groups excluding tert-OH is 1. The quantitative estimate of drug-likeness (QED) is 0.777. The highest BCUT2D eigenvalue weighted by Gasteiger charge is 2.23. The normalized spacial score (nSPS) is 14.9. The third-order valence-corrected chi connectivity index (χ3v) is 2.61. The van der Waals surface area contributed by atoms with E-state index in [2.05, 4.69) is 0 Å². The van der Waals surface area contributed by atoms with Crippen LogP contribution in [0.15, 0.2) is 24.3 Å². The van der Waals surface area contributed by atoms with Crippen LogP contribution in [0, 0.1) is 6.92 Å². The number of aliphatic hydroxyl groups is 1. The molecule has 0 fully saturated rings. The smallest absolute Gasteiger partial charge is 0.110 e. The molecule has 84 valence electrons. The fraction of sp³-hybridized carbons (Fsp3) is 0.500. The highest BCUT2D eigenvalue weighted by molar-refractivity contribution is 5.21. The van der Waals surface area contributed by atoms with Crippen LogP contribution in [-0.4, -0.2) is 23.9 Å². The summed E-state index contributed by atoms with van der Waals surface area (Å²) in [6, 6.07) is 8.04. The van der Waals surface area contributed by atoms with E-state index in [1.54, 1.807) is 0 Å². The molecule has 0 aromatic heterocycles. The van der Waals surface area contributed by atoms with Crippen molar-refractivity contribution in [2.75, 3.05) is 13.3 Å². The maximum absolute atomic E-state index is 12.5. The highest BCUT2D eigenvalue weighted by Crippen LogP contribution is 2.13. The fourth-order valence-corrected chi connectivity index (χ4v) is 1.34. The lowest BCUT2D eigenvalue weighted by molar-refractivity contribution is 0.157. The summed E-state index contributed by atoms with van der Waals surface area (Å²) in [4.78, 5) is 0. The Morgan fingerprint density at radius 3 is 2.40 bits per heavy atom. The number of hydrogen-bond acceptors (Lipinski definition) is 2. The molecule has 15 heavy (non-hydrogen) atoms. The van der Waals surface area contributed by atoms with Gasteiger partial charge in [-0.2, -0.15) is 0 Å². The van der Waals surface area contributed by atoms with Crippen LogP contribution < -0.4 is 5.73 Å². The number of halogens is 1. The zero-order chi connectivity index (χ0) is 11.3. The van der Waals surface area contributed by atoms with Crippen LogP contribution in [0.2, 0.25) is 0 Å². The van der Waals surface area contributed by atoms with Crippen molar-refractivity contribution in [2.45, 2.75) is 25.3 Å². The molecular weight excluding hydrogens is 193 g/mol. The molecule has 0 unspecified atom stereocenters. The number of rotatable bonds is 5. The predicted octanol–water partition coefficient (Wildman–Crippen LogP) is 1.59. The van der Waals surface area contributed by atoms with Gasteiger partial charge in [-0.15, -0.1) is 0 Å². The highest BCUT2D eigenvalue weighted by atomic mass is 19.1. The van der Waals surface area contributed by atoms with E-state index >= 15 is 0 Å². The number of hydrogen-bond donors (Lipinski definition) is 2. The molecule has 2 nitrogen and oxygen atoms in total. The molecule has 0 aliphatic carbocycles. The van der Waals surface area contributed by atoms with Gasteiger partial charge in [0.15, 0.2) is 0 Å². The van der Waals surface area contributed by atoms with Gasteiger partial charge in [-0.1, -0.05) is 29.8 Å². The van der Waals surface area contributed by atoms with Crippen molar-refractivity contribution < 1.29 is 9.50 Å². The van der Waals surface area contributed by atoms with Gasteiger partial charge in [0, 0.05) is 0 Å². The Kier molecular flexibility index (Phi) is 4.24. The lowest BCUT2D eigenvalue weighted by Crippen LogP contribution is -2.46. The summed E-state index contributed by atoms with van der Waals surface area (Å²) in [5.41, 5.74) is 6.89. The summed E-state index contributed by atoms with van der Waals surface area (Å²) < 4.78 is 12.5. The summed E-state index contributed by atoms with van der Waals surface area (Å²) in [6.07, 6.45) is 1.16. The van der Waals surface area contributed by atoms with Crippen molar-refractivity contribution in [2.24, 2.45) is 5.73 Å². The molecule has 1 atom stereocenters. The second-order valence-corrected chi connectivity index (χ2v) is 4.14. The van der Waals surface area contributed by atoms with Crippen molar-refractivity contribution in [3.63, 3.8) is 0 Å². The first kappa shape index (κ1) is 12.1. The average Bonchev–Trinajstić information content (AvgIpc) is 2.28. The van der Waals surface area contributed by atoms with E-state index in [1.165, 1.54) is 5.56 Å². The molecule has 0 aliphatic rings. The Labute approximate surface area is 89.9 Å². The minimum Gasteiger partial charge on any atom is -0.394 e. The van der Waals surface area contributed by atoms with Crippen molar-refractivity contribution in [1.29, 1.82) is 0 Å². The van der Waals surface area contributed by atoms with Crippen LogP contribution in [0.3, 0.4) is 0 Å². The van der Waals surface area contributed by atoms with Crippen LogP contribution in [0.5, 0.6) is 0 Å². The molecule has 0 heterocycles. The lowest BCUT2D eigenvalue weighted by Gasteiger charge is -2.23. The second kappa shape index (κ2) is 5.24. The minimum atomic E-state index is -1.08. The molecule has 0 bridgehead atoms. The Hall–Kier alpha value is -0.930. The van der Waals surface area contributed by atoms with E-state index in [4.69, 9.17) is 10.8 Å². The largest absolute Gasteiger partial charge is 0.394 e.